The van der Waals surface area contributed by atoms with E-state index >= 15 is 0 Å². The number of ether oxygens (including phenoxy) is 1. The third-order valence-electron chi connectivity index (χ3n) is 4.10. The van der Waals surface area contributed by atoms with Crippen LogP contribution in [0.1, 0.15) is 44.9 Å². The zero-order valence-corrected chi connectivity index (χ0v) is 10.2. The number of rotatable bonds is 6. The molecular formula is C14H22O2. The minimum atomic E-state index is -0.0668. The maximum absolute atomic E-state index is 10.9. The van der Waals surface area contributed by atoms with Gasteiger partial charge in [0.15, 0.2) is 0 Å². The molecule has 0 saturated heterocycles. The Bertz CT molecular complexity index is 270. The first-order valence-corrected chi connectivity index (χ1v) is 6.54. The van der Waals surface area contributed by atoms with Crippen molar-refractivity contribution in [3.63, 3.8) is 0 Å². The SMILES string of the molecule is COC(=O)CCCCCC1CC2C=CC1C2. The predicted octanol–water partition coefficient (Wildman–Crippen LogP) is 3.32. The van der Waals surface area contributed by atoms with Gasteiger partial charge in [0, 0.05) is 6.42 Å². The van der Waals surface area contributed by atoms with Gasteiger partial charge in [-0.1, -0.05) is 25.0 Å². The van der Waals surface area contributed by atoms with E-state index in [1.54, 1.807) is 0 Å². The summed E-state index contributed by atoms with van der Waals surface area (Å²) in [5, 5.41) is 0. The molecule has 0 heterocycles. The Labute approximate surface area is 98.1 Å². The van der Waals surface area contributed by atoms with E-state index in [0.29, 0.717) is 6.42 Å². The third-order valence-corrected chi connectivity index (χ3v) is 4.10. The molecule has 0 radical (unpaired) electrons. The molecule has 2 aliphatic carbocycles. The molecule has 0 aromatic rings. The fourth-order valence-electron chi connectivity index (χ4n) is 3.18. The van der Waals surface area contributed by atoms with Gasteiger partial charge >= 0.3 is 5.97 Å². The maximum Gasteiger partial charge on any atom is 0.305 e. The largest absolute Gasteiger partial charge is 0.469 e. The van der Waals surface area contributed by atoms with Crippen molar-refractivity contribution in [2.24, 2.45) is 17.8 Å². The van der Waals surface area contributed by atoms with Crippen molar-refractivity contribution < 1.29 is 9.53 Å². The number of methoxy groups -OCH3 is 1. The summed E-state index contributed by atoms with van der Waals surface area (Å²) in [6.45, 7) is 0. The van der Waals surface area contributed by atoms with Crippen LogP contribution in [0.5, 0.6) is 0 Å². The molecule has 2 bridgehead atoms. The number of unbranched alkanes of at least 4 members (excludes halogenated alkanes) is 2. The Morgan fingerprint density at radius 2 is 2.12 bits per heavy atom. The van der Waals surface area contributed by atoms with Crippen LogP contribution in [0.15, 0.2) is 12.2 Å². The van der Waals surface area contributed by atoms with Crippen LogP contribution >= 0.6 is 0 Å². The summed E-state index contributed by atoms with van der Waals surface area (Å²) < 4.78 is 4.62. The van der Waals surface area contributed by atoms with Crippen LogP contribution in [0.4, 0.5) is 0 Å². The lowest BCUT2D eigenvalue weighted by Crippen LogP contribution is -2.06. The van der Waals surface area contributed by atoms with Crippen molar-refractivity contribution in [2.45, 2.75) is 44.9 Å². The van der Waals surface area contributed by atoms with E-state index in [9.17, 15) is 4.79 Å². The van der Waals surface area contributed by atoms with Crippen LogP contribution in [0.2, 0.25) is 0 Å². The molecule has 2 aliphatic rings. The Balaban J connectivity index is 1.52. The van der Waals surface area contributed by atoms with E-state index in [0.717, 1.165) is 24.2 Å². The molecular weight excluding hydrogens is 200 g/mol. The molecule has 90 valence electrons. The Morgan fingerprint density at radius 1 is 1.25 bits per heavy atom. The number of esters is 1. The number of hydrogen-bond donors (Lipinski definition) is 0. The first-order chi connectivity index (χ1) is 7.79. The molecule has 0 N–H and O–H groups in total. The second-order valence-electron chi connectivity index (χ2n) is 5.22. The van der Waals surface area contributed by atoms with Crippen LogP contribution in [-0.2, 0) is 9.53 Å². The Morgan fingerprint density at radius 3 is 2.75 bits per heavy atom. The molecule has 0 amide bonds. The van der Waals surface area contributed by atoms with Crippen molar-refractivity contribution in [3.05, 3.63) is 12.2 Å². The molecule has 2 heteroatoms. The second kappa shape index (κ2) is 5.51. The molecule has 0 aromatic carbocycles. The molecule has 3 atom stereocenters. The highest BCUT2D eigenvalue weighted by Crippen LogP contribution is 2.45. The number of carbonyl (C=O) groups excluding carboxylic acids is 1. The smallest absolute Gasteiger partial charge is 0.305 e. The molecule has 2 nitrogen and oxygen atoms in total. The second-order valence-corrected chi connectivity index (χ2v) is 5.22. The summed E-state index contributed by atoms with van der Waals surface area (Å²) >= 11 is 0. The van der Waals surface area contributed by atoms with Crippen LogP contribution in [0.3, 0.4) is 0 Å². The van der Waals surface area contributed by atoms with Crippen LogP contribution in [-0.4, -0.2) is 13.1 Å². The highest BCUT2D eigenvalue weighted by molar-refractivity contribution is 5.68. The van der Waals surface area contributed by atoms with Gasteiger partial charge in [0.25, 0.3) is 0 Å². The molecule has 3 unspecified atom stereocenters. The molecule has 0 aromatic heterocycles. The van der Waals surface area contributed by atoms with Gasteiger partial charge < -0.3 is 4.74 Å². The molecule has 2 rings (SSSR count). The van der Waals surface area contributed by atoms with Crippen molar-refractivity contribution in [1.29, 1.82) is 0 Å². The zero-order valence-electron chi connectivity index (χ0n) is 10.2. The maximum atomic E-state index is 10.9. The van der Waals surface area contributed by atoms with Crippen molar-refractivity contribution >= 4 is 5.97 Å². The first-order valence-electron chi connectivity index (χ1n) is 6.54. The molecule has 16 heavy (non-hydrogen) atoms. The number of carbonyl (C=O) groups is 1. The number of fused-ring (bicyclic) bond motifs is 2. The van der Waals surface area contributed by atoms with Gasteiger partial charge in [-0.25, -0.2) is 0 Å². The van der Waals surface area contributed by atoms with E-state index in [4.69, 9.17) is 0 Å². The standard InChI is InChI=1S/C14H22O2/c1-16-14(15)6-4-2-3-5-12-9-11-7-8-13(12)10-11/h7-8,11-13H,2-6,9-10H2,1H3. The third kappa shape index (κ3) is 2.87. The molecule has 0 aliphatic heterocycles. The lowest BCUT2D eigenvalue weighted by atomic mass is 9.88. The van der Waals surface area contributed by atoms with Crippen LogP contribution in [0.25, 0.3) is 0 Å². The van der Waals surface area contributed by atoms with E-state index in [-0.39, 0.29) is 5.97 Å². The van der Waals surface area contributed by atoms with E-state index in [1.165, 1.54) is 39.2 Å². The van der Waals surface area contributed by atoms with Gasteiger partial charge in [-0.2, -0.15) is 0 Å². The summed E-state index contributed by atoms with van der Waals surface area (Å²) in [7, 11) is 1.46. The summed E-state index contributed by atoms with van der Waals surface area (Å²) in [6, 6.07) is 0. The Kier molecular flexibility index (Phi) is 4.03. The minimum Gasteiger partial charge on any atom is -0.469 e. The van der Waals surface area contributed by atoms with Crippen molar-refractivity contribution in [2.75, 3.05) is 7.11 Å². The summed E-state index contributed by atoms with van der Waals surface area (Å²) in [6.07, 6.45) is 13.0. The van der Waals surface area contributed by atoms with Crippen molar-refractivity contribution in [1.82, 2.24) is 0 Å². The summed E-state index contributed by atoms with van der Waals surface area (Å²) in [4.78, 5) is 10.9. The summed E-state index contributed by atoms with van der Waals surface area (Å²) in [5.74, 6) is 2.65. The molecule has 1 fully saturated rings. The quantitative estimate of drug-likeness (QED) is 0.391. The normalized spacial score (nSPS) is 30.9. The average molecular weight is 222 g/mol. The van der Waals surface area contributed by atoms with Gasteiger partial charge in [0.05, 0.1) is 7.11 Å². The fraction of sp³-hybridized carbons (Fsp3) is 0.786. The highest BCUT2D eigenvalue weighted by atomic mass is 16.5. The van der Waals surface area contributed by atoms with Crippen LogP contribution in [0, 0.1) is 17.8 Å². The predicted molar refractivity (Wildman–Crippen MR) is 63.9 cm³/mol. The first kappa shape index (κ1) is 11.7. The zero-order chi connectivity index (χ0) is 11.4. The van der Waals surface area contributed by atoms with E-state index in [1.807, 2.05) is 0 Å². The summed E-state index contributed by atoms with van der Waals surface area (Å²) in [5.41, 5.74) is 0. The van der Waals surface area contributed by atoms with Gasteiger partial charge in [-0.05, 0) is 43.4 Å². The fourth-order valence-corrected chi connectivity index (χ4v) is 3.18. The van der Waals surface area contributed by atoms with E-state index in [2.05, 4.69) is 16.9 Å². The average Bonchev–Trinajstić information content (AvgIpc) is 2.90. The van der Waals surface area contributed by atoms with Gasteiger partial charge in [-0.3, -0.25) is 4.79 Å². The van der Waals surface area contributed by atoms with Crippen molar-refractivity contribution in [3.8, 4) is 0 Å². The van der Waals surface area contributed by atoms with Gasteiger partial charge in [0.2, 0.25) is 0 Å². The van der Waals surface area contributed by atoms with Gasteiger partial charge in [0.1, 0.15) is 0 Å². The topological polar surface area (TPSA) is 26.3 Å². The van der Waals surface area contributed by atoms with Crippen LogP contribution < -0.4 is 0 Å². The Hall–Kier alpha value is -0.790. The molecule has 1 saturated carbocycles. The lowest BCUT2D eigenvalue weighted by molar-refractivity contribution is -0.140. The lowest BCUT2D eigenvalue weighted by Gasteiger charge is -2.17. The van der Waals surface area contributed by atoms with E-state index < -0.39 is 0 Å². The van der Waals surface area contributed by atoms with Gasteiger partial charge in [-0.15, -0.1) is 0 Å². The number of hydrogen-bond acceptors (Lipinski definition) is 2. The highest BCUT2D eigenvalue weighted by Gasteiger charge is 2.34. The minimum absolute atomic E-state index is 0.0668. The molecule has 0 spiro atoms. The number of allylic oxidation sites excluding steroid dienone is 2. The monoisotopic (exact) mass is 222 g/mol.